The van der Waals surface area contributed by atoms with Gasteiger partial charge in [0.1, 0.15) is 11.6 Å². The van der Waals surface area contributed by atoms with Crippen LogP contribution in [0.2, 0.25) is 0 Å². The fourth-order valence-electron chi connectivity index (χ4n) is 2.67. The number of methoxy groups -OCH3 is 1. The molecule has 2 heterocycles. The number of fused-ring (bicyclic) bond motifs is 1. The van der Waals surface area contributed by atoms with E-state index in [1.165, 1.54) is 11.5 Å². The van der Waals surface area contributed by atoms with Gasteiger partial charge in [-0.15, -0.1) is 0 Å². The summed E-state index contributed by atoms with van der Waals surface area (Å²) in [5, 5.41) is 4.10. The van der Waals surface area contributed by atoms with Gasteiger partial charge in [0.2, 0.25) is 5.13 Å². The van der Waals surface area contributed by atoms with Crippen LogP contribution in [0.1, 0.15) is 32.4 Å². The Morgan fingerprint density at radius 3 is 2.75 bits per heavy atom. The van der Waals surface area contributed by atoms with Crippen LogP contribution in [0.5, 0.6) is 0 Å². The molecule has 3 rings (SSSR count). The number of hydrogen-bond acceptors (Lipinski definition) is 6. The molecule has 0 aliphatic heterocycles. The van der Waals surface area contributed by atoms with Gasteiger partial charge in [-0.2, -0.15) is 4.37 Å². The zero-order valence-electron chi connectivity index (χ0n) is 14.8. The molecule has 0 radical (unpaired) electrons. The van der Waals surface area contributed by atoms with E-state index in [0.29, 0.717) is 6.61 Å². The maximum absolute atomic E-state index is 5.06. The molecule has 0 amide bonds. The first-order chi connectivity index (χ1) is 11.4. The van der Waals surface area contributed by atoms with E-state index in [0.717, 1.165) is 39.9 Å². The molecule has 3 aromatic rings. The molecule has 6 nitrogen and oxygen atoms in total. The van der Waals surface area contributed by atoms with E-state index >= 15 is 0 Å². The van der Waals surface area contributed by atoms with Gasteiger partial charge in [-0.1, -0.05) is 20.8 Å². The predicted molar refractivity (Wildman–Crippen MR) is 98.2 cm³/mol. The average Bonchev–Trinajstić information content (AvgIpc) is 3.09. The molecule has 0 saturated heterocycles. The molecule has 0 aliphatic carbocycles. The SMILES string of the molecule is COCCc1nsc(Nc2ccc3c(c2)nc(C(C)(C)C)n3C)n1. The first-order valence-electron chi connectivity index (χ1n) is 7.94. The summed E-state index contributed by atoms with van der Waals surface area (Å²) in [6.07, 6.45) is 0.725. The number of aromatic nitrogens is 4. The van der Waals surface area contributed by atoms with Gasteiger partial charge < -0.3 is 14.6 Å². The summed E-state index contributed by atoms with van der Waals surface area (Å²) in [6.45, 7) is 7.16. The lowest BCUT2D eigenvalue weighted by atomic mass is 9.96. The highest BCUT2D eigenvalue weighted by atomic mass is 32.1. The standard InChI is InChI=1S/C17H23N5OS/c1-17(2,3)15-19-12-10-11(6-7-13(12)22(15)4)18-16-20-14(21-24-16)8-9-23-5/h6-7,10H,8-9H2,1-5H3,(H,18,20,21). The minimum atomic E-state index is 0.0108. The number of ether oxygens (including phenoxy) is 1. The van der Waals surface area contributed by atoms with Crippen molar-refractivity contribution in [3.05, 3.63) is 29.8 Å². The van der Waals surface area contributed by atoms with Crippen molar-refractivity contribution in [3.63, 3.8) is 0 Å². The number of imidazole rings is 1. The van der Waals surface area contributed by atoms with Gasteiger partial charge in [-0.25, -0.2) is 9.97 Å². The van der Waals surface area contributed by atoms with Crippen LogP contribution in [-0.4, -0.2) is 32.6 Å². The summed E-state index contributed by atoms with van der Waals surface area (Å²) in [7, 11) is 3.75. The fraction of sp³-hybridized carbons (Fsp3) is 0.471. The second kappa shape index (κ2) is 6.49. The molecule has 24 heavy (non-hydrogen) atoms. The number of aryl methyl sites for hydroxylation is 1. The summed E-state index contributed by atoms with van der Waals surface area (Å²) >= 11 is 1.36. The first-order valence-corrected chi connectivity index (χ1v) is 8.71. The molecule has 2 aromatic heterocycles. The molecule has 0 saturated carbocycles. The fourth-order valence-corrected chi connectivity index (χ4v) is 3.31. The zero-order chi connectivity index (χ0) is 17.3. The topological polar surface area (TPSA) is 64.9 Å². The molecule has 0 atom stereocenters. The van der Waals surface area contributed by atoms with Gasteiger partial charge in [-0.05, 0) is 18.2 Å². The number of nitrogens with one attached hydrogen (secondary N) is 1. The van der Waals surface area contributed by atoms with Crippen LogP contribution in [0, 0.1) is 0 Å². The van der Waals surface area contributed by atoms with Crippen LogP contribution >= 0.6 is 11.5 Å². The highest BCUT2D eigenvalue weighted by Crippen LogP contribution is 2.28. The van der Waals surface area contributed by atoms with E-state index in [2.05, 4.69) is 59.2 Å². The Hall–Kier alpha value is -1.99. The van der Waals surface area contributed by atoms with E-state index < -0.39 is 0 Å². The molecule has 1 aromatic carbocycles. The third-order valence-electron chi connectivity index (χ3n) is 3.80. The molecule has 0 bridgehead atoms. The molecule has 128 valence electrons. The normalized spacial score (nSPS) is 12.0. The maximum Gasteiger partial charge on any atom is 0.207 e. The van der Waals surface area contributed by atoms with Crippen molar-refractivity contribution in [3.8, 4) is 0 Å². The number of nitrogens with zero attached hydrogens (tertiary/aromatic N) is 4. The Labute approximate surface area is 146 Å². The lowest BCUT2D eigenvalue weighted by Gasteiger charge is -2.17. The van der Waals surface area contributed by atoms with E-state index in [-0.39, 0.29) is 5.41 Å². The first kappa shape index (κ1) is 16.9. The Bertz CT molecular complexity index is 846. The summed E-state index contributed by atoms with van der Waals surface area (Å²) in [5.74, 6) is 1.88. The van der Waals surface area contributed by atoms with Crippen molar-refractivity contribution < 1.29 is 4.74 Å². The Balaban J connectivity index is 1.84. The predicted octanol–water partition coefficient (Wildman–Crippen LogP) is 3.65. The van der Waals surface area contributed by atoms with Crippen LogP contribution < -0.4 is 5.32 Å². The highest BCUT2D eigenvalue weighted by molar-refractivity contribution is 7.09. The lowest BCUT2D eigenvalue weighted by molar-refractivity contribution is 0.201. The van der Waals surface area contributed by atoms with E-state index in [1.54, 1.807) is 7.11 Å². The second-order valence-corrected chi connectivity index (χ2v) is 7.58. The Morgan fingerprint density at radius 2 is 2.04 bits per heavy atom. The zero-order valence-corrected chi connectivity index (χ0v) is 15.6. The molecule has 7 heteroatoms. The van der Waals surface area contributed by atoms with Gasteiger partial charge in [-0.3, -0.25) is 0 Å². The van der Waals surface area contributed by atoms with Crippen molar-refractivity contribution in [2.75, 3.05) is 19.0 Å². The minimum Gasteiger partial charge on any atom is -0.384 e. The minimum absolute atomic E-state index is 0.0108. The van der Waals surface area contributed by atoms with Crippen molar-refractivity contribution in [1.82, 2.24) is 18.9 Å². The van der Waals surface area contributed by atoms with Crippen LogP contribution in [0.3, 0.4) is 0 Å². The lowest BCUT2D eigenvalue weighted by Crippen LogP contribution is -2.17. The molecule has 0 fully saturated rings. The number of anilines is 2. The molecular formula is C17H23N5OS. The van der Waals surface area contributed by atoms with E-state index in [9.17, 15) is 0 Å². The highest BCUT2D eigenvalue weighted by Gasteiger charge is 2.21. The molecule has 0 spiro atoms. The average molecular weight is 345 g/mol. The van der Waals surface area contributed by atoms with Gasteiger partial charge in [0.15, 0.2) is 0 Å². The third kappa shape index (κ3) is 3.42. The summed E-state index contributed by atoms with van der Waals surface area (Å²) in [4.78, 5) is 9.28. The molecule has 1 N–H and O–H groups in total. The molecular weight excluding hydrogens is 322 g/mol. The molecule has 0 unspecified atom stereocenters. The summed E-state index contributed by atoms with van der Waals surface area (Å²) in [6, 6.07) is 6.19. The summed E-state index contributed by atoms with van der Waals surface area (Å²) < 4.78 is 11.5. The number of benzene rings is 1. The second-order valence-electron chi connectivity index (χ2n) is 6.83. The molecule has 0 aliphatic rings. The number of hydrogen-bond donors (Lipinski definition) is 1. The van der Waals surface area contributed by atoms with Crippen molar-refractivity contribution in [2.24, 2.45) is 7.05 Å². The van der Waals surface area contributed by atoms with Crippen molar-refractivity contribution >= 4 is 33.4 Å². The van der Waals surface area contributed by atoms with E-state index in [4.69, 9.17) is 9.72 Å². The van der Waals surface area contributed by atoms with Crippen molar-refractivity contribution in [2.45, 2.75) is 32.6 Å². The summed E-state index contributed by atoms with van der Waals surface area (Å²) in [5.41, 5.74) is 3.09. The smallest absolute Gasteiger partial charge is 0.207 e. The Morgan fingerprint density at radius 1 is 1.25 bits per heavy atom. The van der Waals surface area contributed by atoms with Crippen LogP contribution in [0.15, 0.2) is 18.2 Å². The maximum atomic E-state index is 5.06. The van der Waals surface area contributed by atoms with Gasteiger partial charge in [0.25, 0.3) is 0 Å². The largest absolute Gasteiger partial charge is 0.384 e. The monoisotopic (exact) mass is 345 g/mol. The van der Waals surface area contributed by atoms with Crippen LogP contribution in [-0.2, 0) is 23.6 Å². The van der Waals surface area contributed by atoms with Gasteiger partial charge in [0, 0.05) is 43.2 Å². The van der Waals surface area contributed by atoms with Crippen LogP contribution in [0.4, 0.5) is 10.8 Å². The third-order valence-corrected chi connectivity index (χ3v) is 4.47. The quantitative estimate of drug-likeness (QED) is 0.764. The van der Waals surface area contributed by atoms with E-state index in [1.807, 2.05) is 6.07 Å². The van der Waals surface area contributed by atoms with Crippen LogP contribution in [0.25, 0.3) is 11.0 Å². The Kier molecular flexibility index (Phi) is 4.56. The van der Waals surface area contributed by atoms with Gasteiger partial charge >= 0.3 is 0 Å². The van der Waals surface area contributed by atoms with Crippen molar-refractivity contribution in [1.29, 1.82) is 0 Å². The number of rotatable bonds is 5. The van der Waals surface area contributed by atoms with Gasteiger partial charge in [0.05, 0.1) is 17.6 Å².